The summed E-state index contributed by atoms with van der Waals surface area (Å²) >= 11 is 0. The van der Waals surface area contributed by atoms with Gasteiger partial charge in [0.2, 0.25) is 0 Å². The molecule has 0 rings (SSSR count). The van der Waals surface area contributed by atoms with Crippen LogP contribution in [-0.2, 0) is 33.4 Å². The number of ketones is 2. The summed E-state index contributed by atoms with van der Waals surface area (Å²) < 4.78 is 9.38. The molecule has 2 atom stereocenters. The van der Waals surface area contributed by atoms with Crippen LogP contribution >= 0.6 is 0 Å². The smallest absolute Gasteiger partial charge is 0.323 e. The lowest BCUT2D eigenvalue weighted by Crippen LogP contribution is -2.39. The molecule has 0 heterocycles. The van der Waals surface area contributed by atoms with Gasteiger partial charge in [-0.1, -0.05) is 6.92 Å². The number of hydrogen-bond acceptors (Lipinski definition) is 7. The minimum absolute atomic E-state index is 0.0968. The molecule has 0 bridgehead atoms. The van der Waals surface area contributed by atoms with Crippen LogP contribution < -0.4 is 0 Å². The molecule has 0 aliphatic rings. The monoisotopic (exact) mass is 374 g/mol. The van der Waals surface area contributed by atoms with Gasteiger partial charge >= 0.3 is 17.9 Å². The van der Waals surface area contributed by atoms with E-state index in [0.717, 1.165) is 0 Å². The van der Waals surface area contributed by atoms with Crippen molar-refractivity contribution in [3.8, 4) is 0 Å². The highest BCUT2D eigenvalue weighted by molar-refractivity contribution is 6.02. The average molecular weight is 374 g/mol. The van der Waals surface area contributed by atoms with E-state index < -0.39 is 17.4 Å². The maximum absolute atomic E-state index is 11.3. The number of Topliss-reactive ketones (excluding diaryl/α,β-unsaturated/α-hetero) is 2. The lowest BCUT2D eigenvalue weighted by molar-refractivity contribution is -0.169. The molecule has 0 saturated carbocycles. The summed E-state index contributed by atoms with van der Waals surface area (Å²) in [5.41, 5.74) is -1.76. The van der Waals surface area contributed by atoms with Crippen LogP contribution in [0.25, 0.3) is 0 Å². The SMILES string of the molecule is CCOC(=O)C(C)(CC(C)=O)C(=O)O.CCOC(=O)C(C)CCC(C)=O. The van der Waals surface area contributed by atoms with E-state index in [0.29, 0.717) is 19.4 Å². The normalized spacial score (nSPS) is 13.3. The first-order valence-corrected chi connectivity index (χ1v) is 8.48. The van der Waals surface area contributed by atoms with E-state index in [1.807, 2.05) is 0 Å². The van der Waals surface area contributed by atoms with Gasteiger partial charge in [-0.05, 0) is 41.0 Å². The van der Waals surface area contributed by atoms with Crippen molar-refractivity contribution in [1.82, 2.24) is 0 Å². The Morgan fingerprint density at radius 1 is 0.962 bits per heavy atom. The first-order chi connectivity index (χ1) is 11.9. The molecule has 0 aromatic carbocycles. The highest BCUT2D eigenvalue weighted by atomic mass is 16.5. The number of rotatable bonds is 10. The molecule has 1 N–H and O–H groups in total. The Balaban J connectivity index is 0. The van der Waals surface area contributed by atoms with E-state index >= 15 is 0 Å². The van der Waals surface area contributed by atoms with Crippen molar-refractivity contribution in [2.45, 2.75) is 60.8 Å². The van der Waals surface area contributed by atoms with Crippen molar-refractivity contribution in [1.29, 1.82) is 0 Å². The molecule has 2 unspecified atom stereocenters. The van der Waals surface area contributed by atoms with Crippen LogP contribution in [0.4, 0.5) is 0 Å². The Morgan fingerprint density at radius 3 is 1.81 bits per heavy atom. The lowest BCUT2D eigenvalue weighted by atomic mass is 9.85. The molecule has 150 valence electrons. The molecule has 0 amide bonds. The summed E-state index contributed by atoms with van der Waals surface area (Å²) in [5.74, 6) is -2.82. The predicted octanol–water partition coefficient (Wildman–Crippen LogP) is 2.17. The number of carbonyl (C=O) groups is 5. The van der Waals surface area contributed by atoms with E-state index in [2.05, 4.69) is 4.74 Å². The van der Waals surface area contributed by atoms with Crippen molar-refractivity contribution in [3.63, 3.8) is 0 Å². The largest absolute Gasteiger partial charge is 0.480 e. The molecule has 0 aliphatic heterocycles. The van der Waals surface area contributed by atoms with Gasteiger partial charge in [0.1, 0.15) is 11.6 Å². The van der Waals surface area contributed by atoms with E-state index in [1.54, 1.807) is 20.8 Å². The zero-order valence-corrected chi connectivity index (χ0v) is 16.4. The molecular formula is C18H30O8. The highest BCUT2D eigenvalue weighted by Gasteiger charge is 2.43. The first-order valence-electron chi connectivity index (χ1n) is 8.48. The molecule has 0 saturated heterocycles. The van der Waals surface area contributed by atoms with Gasteiger partial charge in [0.05, 0.1) is 19.1 Å². The van der Waals surface area contributed by atoms with E-state index in [4.69, 9.17) is 9.84 Å². The maximum Gasteiger partial charge on any atom is 0.323 e. The molecule has 0 aromatic rings. The Morgan fingerprint density at radius 2 is 1.46 bits per heavy atom. The summed E-state index contributed by atoms with van der Waals surface area (Å²) in [5, 5.41) is 8.83. The van der Waals surface area contributed by atoms with Crippen LogP contribution in [0.1, 0.15) is 60.8 Å². The third kappa shape index (κ3) is 10.6. The van der Waals surface area contributed by atoms with Crippen LogP contribution in [0.5, 0.6) is 0 Å². The van der Waals surface area contributed by atoms with E-state index in [1.165, 1.54) is 20.8 Å². The van der Waals surface area contributed by atoms with Crippen LogP contribution in [0.15, 0.2) is 0 Å². The average Bonchev–Trinajstić information content (AvgIpc) is 2.52. The minimum atomic E-state index is -1.76. The minimum Gasteiger partial charge on any atom is -0.480 e. The van der Waals surface area contributed by atoms with E-state index in [-0.39, 0.29) is 36.5 Å². The Kier molecular flexibility index (Phi) is 13.0. The second-order valence-electron chi connectivity index (χ2n) is 6.13. The Bertz CT molecular complexity index is 511. The molecule has 0 aliphatic carbocycles. The van der Waals surface area contributed by atoms with Gasteiger partial charge in [-0.2, -0.15) is 0 Å². The van der Waals surface area contributed by atoms with Gasteiger partial charge in [-0.15, -0.1) is 0 Å². The van der Waals surface area contributed by atoms with Crippen molar-refractivity contribution in [2.75, 3.05) is 13.2 Å². The third-order valence-corrected chi connectivity index (χ3v) is 3.42. The summed E-state index contributed by atoms with van der Waals surface area (Å²) in [4.78, 5) is 54.5. The molecule has 0 aromatic heterocycles. The number of carboxylic acids is 1. The fourth-order valence-corrected chi connectivity index (χ4v) is 1.85. The zero-order chi connectivity index (χ0) is 20.9. The quantitative estimate of drug-likeness (QED) is 0.456. The first kappa shape index (κ1) is 26.0. The maximum atomic E-state index is 11.3. The highest BCUT2D eigenvalue weighted by Crippen LogP contribution is 2.24. The number of carbonyl (C=O) groups excluding carboxylic acids is 4. The summed E-state index contributed by atoms with van der Waals surface area (Å²) in [6, 6.07) is 0. The van der Waals surface area contributed by atoms with Gasteiger partial charge in [0.15, 0.2) is 5.41 Å². The molecule has 26 heavy (non-hydrogen) atoms. The number of carboxylic acid groups (broad SMARTS) is 1. The predicted molar refractivity (Wildman–Crippen MR) is 93.4 cm³/mol. The van der Waals surface area contributed by atoms with Crippen molar-refractivity contribution in [2.24, 2.45) is 11.3 Å². The fraction of sp³-hybridized carbons (Fsp3) is 0.722. The van der Waals surface area contributed by atoms with Crippen LogP contribution in [0, 0.1) is 11.3 Å². The Hall–Kier alpha value is -2.25. The molecule has 0 radical (unpaired) electrons. The van der Waals surface area contributed by atoms with Crippen molar-refractivity contribution in [3.05, 3.63) is 0 Å². The number of aliphatic carboxylic acids is 1. The molecule has 0 fully saturated rings. The Labute approximate surface area is 154 Å². The topological polar surface area (TPSA) is 124 Å². The second-order valence-corrected chi connectivity index (χ2v) is 6.13. The second kappa shape index (κ2) is 13.0. The van der Waals surface area contributed by atoms with E-state index in [9.17, 15) is 24.0 Å². The zero-order valence-electron chi connectivity index (χ0n) is 16.4. The lowest BCUT2D eigenvalue weighted by Gasteiger charge is -2.20. The third-order valence-electron chi connectivity index (χ3n) is 3.42. The van der Waals surface area contributed by atoms with Crippen LogP contribution in [0.2, 0.25) is 0 Å². The van der Waals surface area contributed by atoms with Gasteiger partial charge in [-0.25, -0.2) is 0 Å². The van der Waals surface area contributed by atoms with Crippen molar-refractivity contribution < 1.29 is 38.6 Å². The standard InChI is InChI=1S/C9H14O5.C9H16O3/c1-4-14-8(13)9(3,7(11)12)5-6(2)10;1-4-12-9(11)7(2)5-6-8(3)10/h4-5H2,1-3H3,(H,11,12);7H,4-6H2,1-3H3. The summed E-state index contributed by atoms with van der Waals surface area (Å²) in [6.45, 7) is 9.58. The molecule has 8 nitrogen and oxygen atoms in total. The number of hydrogen-bond donors (Lipinski definition) is 1. The van der Waals surface area contributed by atoms with Gasteiger partial charge in [0, 0.05) is 12.8 Å². The number of esters is 2. The summed E-state index contributed by atoms with van der Waals surface area (Å²) in [7, 11) is 0. The van der Waals surface area contributed by atoms with Crippen LogP contribution in [0.3, 0.4) is 0 Å². The van der Waals surface area contributed by atoms with Crippen molar-refractivity contribution >= 4 is 29.5 Å². The van der Waals surface area contributed by atoms with Gasteiger partial charge in [-0.3, -0.25) is 19.2 Å². The van der Waals surface area contributed by atoms with Crippen LogP contribution in [-0.4, -0.2) is 47.8 Å². The molecule has 8 heteroatoms. The van der Waals surface area contributed by atoms with Gasteiger partial charge < -0.3 is 19.4 Å². The fourth-order valence-electron chi connectivity index (χ4n) is 1.85. The molecular weight excluding hydrogens is 344 g/mol. The van der Waals surface area contributed by atoms with Gasteiger partial charge in [0.25, 0.3) is 0 Å². The summed E-state index contributed by atoms with van der Waals surface area (Å²) in [6.07, 6.45) is 0.704. The number of ether oxygens (including phenoxy) is 2. The molecule has 0 spiro atoms.